The first-order valence-electron chi connectivity index (χ1n) is 21.6. The van der Waals surface area contributed by atoms with Crippen molar-refractivity contribution in [1.82, 2.24) is 20.9 Å². The molecule has 64 heavy (non-hydrogen) atoms. The van der Waals surface area contributed by atoms with Gasteiger partial charge in [-0.15, -0.1) is 0 Å². The number of amides is 4. The summed E-state index contributed by atoms with van der Waals surface area (Å²) >= 11 is 6.23. The number of benzene rings is 3. The lowest BCUT2D eigenvalue weighted by Crippen LogP contribution is -2.74. The highest BCUT2D eigenvalue weighted by Gasteiger charge is 2.64. The van der Waals surface area contributed by atoms with Crippen LogP contribution in [-0.2, 0) is 25.7 Å². The number of aliphatic hydroxyl groups is 1. The number of rotatable bonds is 19. The number of likely N-dealkylation sites (tertiary alicyclic amines) is 1. The van der Waals surface area contributed by atoms with Gasteiger partial charge in [-0.3, -0.25) is 19.2 Å². The zero-order valence-electron chi connectivity index (χ0n) is 37.6. The molecule has 1 aliphatic carbocycles. The minimum atomic E-state index is -1.06. The molecule has 2 fully saturated rings. The predicted octanol–water partition coefficient (Wildman–Crippen LogP) is 5.93. The van der Waals surface area contributed by atoms with E-state index in [9.17, 15) is 34.3 Å². The summed E-state index contributed by atoms with van der Waals surface area (Å²) in [6, 6.07) is 18.4. The van der Waals surface area contributed by atoms with Crippen LogP contribution in [-0.4, -0.2) is 101 Å². The van der Waals surface area contributed by atoms with Gasteiger partial charge in [-0.25, -0.2) is 4.79 Å². The molecule has 0 radical (unpaired) electrons. The molecule has 0 unspecified atom stereocenters. The third-order valence-electron chi connectivity index (χ3n) is 12.1. The first-order chi connectivity index (χ1) is 30.1. The maximum atomic E-state index is 13.8. The van der Waals surface area contributed by atoms with Crippen molar-refractivity contribution in [2.75, 3.05) is 31.6 Å². The van der Waals surface area contributed by atoms with Crippen LogP contribution in [0.25, 0.3) is 0 Å². The molecule has 15 nitrogen and oxygen atoms in total. The summed E-state index contributed by atoms with van der Waals surface area (Å²) in [6.45, 7) is 14.5. The van der Waals surface area contributed by atoms with Crippen LogP contribution >= 0.6 is 11.6 Å². The molecule has 3 atom stereocenters. The Balaban J connectivity index is 0.992. The number of unbranched alkanes of at least 4 members (excludes halogenated alkanes) is 2. The number of anilines is 1. The van der Waals surface area contributed by atoms with Crippen LogP contribution < -0.4 is 26.0 Å². The fourth-order valence-electron chi connectivity index (χ4n) is 8.85. The van der Waals surface area contributed by atoms with Gasteiger partial charge in [-0.05, 0) is 78.8 Å². The van der Waals surface area contributed by atoms with E-state index in [2.05, 4.69) is 55.0 Å². The normalized spacial score (nSPS) is 20.2. The van der Waals surface area contributed by atoms with Crippen LogP contribution in [0.15, 0.2) is 66.7 Å². The van der Waals surface area contributed by atoms with Gasteiger partial charge in [0.2, 0.25) is 17.7 Å². The summed E-state index contributed by atoms with van der Waals surface area (Å²) in [5, 5.41) is 41.3. The molecule has 1 heterocycles. The lowest BCUT2D eigenvalue weighted by molar-refractivity contribution is -0.164. The molecule has 5 rings (SSSR count). The number of carbonyl (C=O) groups is 5. The molecule has 1 saturated carbocycles. The molecule has 3 aromatic rings. The maximum Gasteiger partial charge on any atom is 0.335 e. The smallest absolute Gasteiger partial charge is 0.335 e. The molecule has 1 saturated heterocycles. The van der Waals surface area contributed by atoms with Crippen LogP contribution in [0.1, 0.15) is 106 Å². The van der Waals surface area contributed by atoms with Crippen molar-refractivity contribution in [3.63, 3.8) is 0 Å². The third-order valence-corrected chi connectivity index (χ3v) is 12.4. The summed E-state index contributed by atoms with van der Waals surface area (Å²) in [5.41, 5.74) is 1.11. The summed E-state index contributed by atoms with van der Waals surface area (Å²) in [7, 11) is 0. The van der Waals surface area contributed by atoms with E-state index in [1.165, 1.54) is 17.0 Å². The predicted molar refractivity (Wildman–Crippen MR) is 242 cm³/mol. The molecule has 1 aliphatic heterocycles. The van der Waals surface area contributed by atoms with E-state index in [1.54, 1.807) is 63.2 Å². The van der Waals surface area contributed by atoms with Crippen LogP contribution in [0.2, 0.25) is 5.02 Å². The van der Waals surface area contributed by atoms with E-state index < -0.39 is 47.3 Å². The molecule has 344 valence electrons. The second-order valence-electron chi connectivity index (χ2n) is 18.9. The first kappa shape index (κ1) is 49.3. The van der Waals surface area contributed by atoms with Gasteiger partial charge in [-0.1, -0.05) is 72.2 Å². The zero-order valence-corrected chi connectivity index (χ0v) is 38.4. The molecule has 0 spiro atoms. The van der Waals surface area contributed by atoms with Crippen LogP contribution in [0, 0.1) is 27.6 Å². The molecule has 3 aromatic carbocycles. The van der Waals surface area contributed by atoms with Gasteiger partial charge >= 0.3 is 5.97 Å². The fourth-order valence-corrected chi connectivity index (χ4v) is 9.06. The SMILES string of the molecule is CC1(C)C(NC(=O)c2ccc(NCCCCCOCC(=O)N[C@H](C(=O)N3C[C@H](O)C[C@H]3C(=O)NCc3ccc(C(=O)O)cc3)C(C)(C)C)cc2)C(C)(C)C1Oc1ccc(C#N)c(Cl)c1. The largest absolute Gasteiger partial charge is 0.489 e. The Labute approximate surface area is 380 Å². The second-order valence-corrected chi connectivity index (χ2v) is 19.3. The van der Waals surface area contributed by atoms with E-state index in [0.717, 1.165) is 18.5 Å². The summed E-state index contributed by atoms with van der Waals surface area (Å²) in [4.78, 5) is 65.8. The van der Waals surface area contributed by atoms with E-state index in [-0.39, 0.29) is 60.6 Å². The number of carbonyl (C=O) groups excluding carboxylic acids is 4. The van der Waals surface area contributed by atoms with E-state index in [0.29, 0.717) is 47.0 Å². The molecule has 6 N–H and O–H groups in total. The van der Waals surface area contributed by atoms with Crippen molar-refractivity contribution in [1.29, 1.82) is 5.26 Å². The Bertz CT molecular complexity index is 2180. The molecule has 0 aromatic heterocycles. The van der Waals surface area contributed by atoms with Crippen molar-refractivity contribution in [2.24, 2.45) is 16.2 Å². The number of aliphatic hydroxyl groups excluding tert-OH is 1. The standard InChI is InChI=1S/C48H61ClN6O9/c1-46(2,3)39(42(60)55-27-34(56)23-37(55)41(59)52-26-29-11-13-31(14-12-29)43(61)62)53-38(57)28-63-22-10-8-9-21-51-33-18-15-30(16-19-33)40(58)54-44-47(4,5)45(48(44,6)7)64-35-20-17-32(25-50)36(49)24-35/h11-20,24,34,37,39,44-45,51,56H,8-10,21-23,26-28H2,1-7H3,(H,52,59)(H,53,57)(H,54,58)(H,61,62)/t34-,37+,39-,44?,45?/m1/s1. The Morgan fingerprint density at radius 1 is 0.938 bits per heavy atom. The molecule has 16 heteroatoms. The number of aromatic carboxylic acids is 1. The Hall–Kier alpha value is -5.69. The Morgan fingerprint density at radius 2 is 1.59 bits per heavy atom. The Kier molecular flexibility index (Phi) is 16.1. The average Bonchev–Trinajstić information content (AvgIpc) is 3.65. The van der Waals surface area contributed by atoms with Gasteiger partial charge in [0.05, 0.1) is 22.3 Å². The van der Waals surface area contributed by atoms with Crippen molar-refractivity contribution in [3.8, 4) is 11.8 Å². The van der Waals surface area contributed by atoms with Gasteiger partial charge in [0.15, 0.2) is 0 Å². The first-order valence-corrected chi connectivity index (χ1v) is 22.0. The lowest BCUT2D eigenvalue weighted by atomic mass is 9.49. The number of β-amino-alcohol motifs (C(OH)–C–C–N with tert-alkyl or cyclic N) is 1. The monoisotopic (exact) mass is 900 g/mol. The van der Waals surface area contributed by atoms with Crippen molar-refractivity contribution >= 4 is 46.9 Å². The minimum Gasteiger partial charge on any atom is -0.489 e. The zero-order chi connectivity index (χ0) is 47.0. The average molecular weight is 902 g/mol. The highest BCUT2D eigenvalue weighted by atomic mass is 35.5. The third kappa shape index (κ3) is 12.1. The number of nitrogens with one attached hydrogen (secondary N) is 4. The number of hydrogen-bond donors (Lipinski definition) is 6. The molecular formula is C48H61ClN6O9. The topological polar surface area (TPSA) is 219 Å². The molecule has 4 amide bonds. The number of nitrogens with zero attached hydrogens (tertiary/aromatic N) is 2. The summed E-state index contributed by atoms with van der Waals surface area (Å²) in [6.07, 6.45) is 1.31. The molecule has 0 bridgehead atoms. The molecular weight excluding hydrogens is 840 g/mol. The number of ether oxygens (including phenoxy) is 2. The minimum absolute atomic E-state index is 0.0428. The second kappa shape index (κ2) is 20.9. The quantitative estimate of drug-likeness (QED) is 0.0775. The van der Waals surface area contributed by atoms with Crippen LogP contribution in [0.3, 0.4) is 0 Å². The highest BCUT2D eigenvalue weighted by Crippen LogP contribution is 2.55. The van der Waals surface area contributed by atoms with Gasteiger partial charge in [-0.2, -0.15) is 5.26 Å². The number of hydrogen-bond acceptors (Lipinski definition) is 10. The van der Waals surface area contributed by atoms with Crippen molar-refractivity contribution in [2.45, 2.75) is 111 Å². The van der Waals surface area contributed by atoms with E-state index in [4.69, 9.17) is 26.2 Å². The molecule has 2 aliphatic rings. The number of nitriles is 1. The summed E-state index contributed by atoms with van der Waals surface area (Å²) < 4.78 is 12.0. The van der Waals surface area contributed by atoms with Crippen LogP contribution in [0.5, 0.6) is 5.75 Å². The van der Waals surface area contributed by atoms with Gasteiger partial charge in [0, 0.05) is 66.9 Å². The van der Waals surface area contributed by atoms with Crippen molar-refractivity contribution in [3.05, 3.63) is 94.0 Å². The number of halogens is 1. The van der Waals surface area contributed by atoms with E-state index in [1.807, 2.05) is 12.1 Å². The van der Waals surface area contributed by atoms with Gasteiger partial charge < -0.3 is 45.9 Å². The lowest BCUT2D eigenvalue weighted by Gasteiger charge is -2.63. The van der Waals surface area contributed by atoms with E-state index >= 15 is 0 Å². The summed E-state index contributed by atoms with van der Waals surface area (Å²) in [5.74, 6) is -2.07. The van der Waals surface area contributed by atoms with Crippen molar-refractivity contribution < 1.29 is 43.7 Å². The van der Waals surface area contributed by atoms with Gasteiger partial charge in [0.25, 0.3) is 5.91 Å². The Morgan fingerprint density at radius 3 is 2.20 bits per heavy atom. The van der Waals surface area contributed by atoms with Gasteiger partial charge in [0.1, 0.15) is 36.6 Å². The van der Waals surface area contributed by atoms with Crippen LogP contribution in [0.4, 0.5) is 5.69 Å². The maximum absolute atomic E-state index is 13.8. The number of carboxylic acids is 1. The number of carboxylic acid groups (broad SMARTS) is 1. The highest BCUT2D eigenvalue weighted by molar-refractivity contribution is 6.31. The fraction of sp³-hybridized carbons (Fsp3) is 0.500.